The van der Waals surface area contributed by atoms with E-state index >= 15 is 0 Å². The molecule has 0 bridgehead atoms. The van der Waals surface area contributed by atoms with Crippen LogP contribution in [0.4, 0.5) is 0 Å². The van der Waals surface area contributed by atoms with Gasteiger partial charge in [0, 0.05) is 0 Å². The van der Waals surface area contributed by atoms with Gasteiger partial charge in [0.15, 0.2) is 0 Å². The molecule has 1 heterocycles. The Balaban J connectivity index is 0.00000208. The van der Waals surface area contributed by atoms with Crippen LogP contribution in [0.15, 0.2) is 96.1 Å². The Labute approximate surface area is 313 Å². The van der Waals surface area contributed by atoms with E-state index in [9.17, 15) is 0 Å². The van der Waals surface area contributed by atoms with Gasteiger partial charge in [0.1, 0.15) is 0 Å². The van der Waals surface area contributed by atoms with Crippen LogP contribution in [-0.2, 0) is 20.3 Å². The fraction of sp³-hybridized carbons (Fsp3) is 0.391. The molecular weight excluding hydrogens is 715 g/mol. The van der Waals surface area contributed by atoms with Gasteiger partial charge < -0.3 is 24.8 Å². The topological polar surface area (TPSA) is 0 Å². The summed E-state index contributed by atoms with van der Waals surface area (Å²) in [7, 11) is 0. The number of aryl methyl sites for hydroxylation is 2. The standard InChI is InChI=1S/2C20H21.C6H10.2ClH.Zr/c2*1-14(2)11-16-12-18-5-4-6-19(20(18)13-16)17-9-7-15(3)8-10-17;1-2-4-6-5-3-1;;;/h2*4-10,12-14H,11H2,1-3H3;1-2H,3-6H2;2*1H;/q;;;;;+2/p-2. The van der Waals surface area contributed by atoms with Crippen LogP contribution in [0.1, 0.15) is 107 Å². The molecular formula is C46H52Cl2Zr. The summed E-state index contributed by atoms with van der Waals surface area (Å²) < 4.78 is 3.38. The average molecular weight is 767 g/mol. The van der Waals surface area contributed by atoms with Crippen molar-refractivity contribution in [2.24, 2.45) is 11.8 Å². The number of hydrogen-bond donors (Lipinski definition) is 0. The minimum absolute atomic E-state index is 0. The van der Waals surface area contributed by atoms with E-state index in [2.05, 4.69) is 139 Å². The fourth-order valence-electron chi connectivity index (χ4n) is 10.6. The molecule has 8 rings (SSSR count). The van der Waals surface area contributed by atoms with Crippen molar-refractivity contribution in [3.63, 3.8) is 0 Å². The summed E-state index contributed by atoms with van der Waals surface area (Å²) in [6, 6.07) is 33.4. The predicted octanol–water partition coefficient (Wildman–Crippen LogP) is 7.63. The predicted molar refractivity (Wildman–Crippen MR) is 200 cm³/mol. The summed E-state index contributed by atoms with van der Waals surface area (Å²) in [5, 5.41) is 0. The third-order valence-electron chi connectivity index (χ3n) is 12.3. The van der Waals surface area contributed by atoms with Crippen LogP contribution >= 0.6 is 0 Å². The zero-order valence-corrected chi connectivity index (χ0v) is 34.2. The van der Waals surface area contributed by atoms with Crippen LogP contribution in [0, 0.1) is 25.7 Å². The zero-order chi connectivity index (χ0) is 32.4. The number of rotatable bonds is 8. The Hall–Kier alpha value is -2.18. The summed E-state index contributed by atoms with van der Waals surface area (Å²) in [5.41, 5.74) is 18.4. The molecule has 1 saturated carbocycles. The van der Waals surface area contributed by atoms with Crippen LogP contribution < -0.4 is 24.8 Å². The van der Waals surface area contributed by atoms with Crippen LogP contribution in [0.2, 0.25) is 7.25 Å². The molecule has 3 aliphatic carbocycles. The van der Waals surface area contributed by atoms with Crippen molar-refractivity contribution in [1.29, 1.82) is 0 Å². The molecule has 1 aliphatic heterocycles. The van der Waals surface area contributed by atoms with Crippen molar-refractivity contribution in [3.8, 4) is 22.3 Å². The Bertz CT molecular complexity index is 1740. The molecule has 4 aromatic carbocycles. The van der Waals surface area contributed by atoms with Crippen molar-refractivity contribution < 1.29 is 45.1 Å². The SMILES string of the molecule is Cc1ccc(-c2cccc3c2C=C(CC(C)C)[CH]3[Zr+2]2([CH]3C(CC(C)C)=Cc4c(-c5ccc(C)cc5)cccc43)[CH]3CCCC[CH]32)cc1.[Cl-].[Cl-]. The summed E-state index contributed by atoms with van der Waals surface area (Å²) in [6.07, 6.45) is 13.8. The number of benzene rings is 4. The second-order valence-electron chi connectivity index (χ2n) is 16.3. The molecule has 4 atom stereocenters. The second-order valence-corrected chi connectivity index (χ2v) is 27.7. The van der Waals surface area contributed by atoms with Crippen LogP contribution in [0.5, 0.6) is 0 Å². The van der Waals surface area contributed by atoms with Gasteiger partial charge in [-0.2, -0.15) is 0 Å². The first-order valence-electron chi connectivity index (χ1n) is 18.6. The average Bonchev–Trinajstić information content (AvgIpc) is 3.33. The Morgan fingerprint density at radius 1 is 0.551 bits per heavy atom. The van der Waals surface area contributed by atoms with E-state index in [-0.39, 0.29) is 24.8 Å². The summed E-state index contributed by atoms with van der Waals surface area (Å²) in [4.78, 5) is 0. The molecule has 49 heavy (non-hydrogen) atoms. The van der Waals surface area contributed by atoms with Gasteiger partial charge >= 0.3 is 291 Å². The maximum absolute atomic E-state index is 3.07. The van der Waals surface area contributed by atoms with Crippen LogP contribution in [-0.4, -0.2) is 0 Å². The van der Waals surface area contributed by atoms with Crippen molar-refractivity contribution in [2.75, 3.05) is 0 Å². The summed E-state index contributed by atoms with van der Waals surface area (Å²) in [5.74, 6) is 1.33. The third-order valence-corrected chi connectivity index (χ3v) is 29.3. The van der Waals surface area contributed by atoms with Crippen molar-refractivity contribution >= 4 is 12.2 Å². The molecule has 0 radical (unpaired) electrons. The third kappa shape index (κ3) is 6.23. The van der Waals surface area contributed by atoms with E-state index in [1.807, 2.05) is 0 Å². The van der Waals surface area contributed by atoms with Gasteiger partial charge in [0.2, 0.25) is 0 Å². The zero-order valence-electron chi connectivity index (χ0n) is 30.2. The van der Waals surface area contributed by atoms with Crippen molar-refractivity contribution in [2.45, 2.75) is 94.6 Å². The van der Waals surface area contributed by atoms with Gasteiger partial charge in [-0.3, -0.25) is 0 Å². The molecule has 4 unspecified atom stereocenters. The maximum atomic E-state index is 2.72. The molecule has 3 heteroatoms. The summed E-state index contributed by atoms with van der Waals surface area (Å²) in [6.45, 7) is 14.2. The molecule has 0 aromatic heterocycles. The van der Waals surface area contributed by atoms with E-state index in [4.69, 9.17) is 0 Å². The van der Waals surface area contributed by atoms with Crippen molar-refractivity contribution in [3.05, 3.63) is 129 Å². The van der Waals surface area contributed by atoms with E-state index in [0.717, 1.165) is 7.25 Å². The van der Waals surface area contributed by atoms with Gasteiger partial charge in [-0.1, -0.05) is 0 Å². The molecule has 254 valence electrons. The Kier molecular flexibility index (Phi) is 10.8. The minimum atomic E-state index is -3.07. The number of hydrogen-bond acceptors (Lipinski definition) is 0. The number of allylic oxidation sites excluding steroid dienone is 2. The Morgan fingerprint density at radius 3 is 1.31 bits per heavy atom. The molecule has 4 aromatic rings. The molecule has 0 amide bonds. The first-order valence-corrected chi connectivity index (χ1v) is 24.3. The van der Waals surface area contributed by atoms with Gasteiger partial charge in [0.05, 0.1) is 0 Å². The molecule has 4 aliphatic rings. The van der Waals surface area contributed by atoms with Gasteiger partial charge in [0.25, 0.3) is 0 Å². The van der Waals surface area contributed by atoms with Crippen LogP contribution in [0.25, 0.3) is 34.4 Å². The molecule has 1 saturated heterocycles. The molecule has 0 N–H and O–H groups in total. The maximum Gasteiger partial charge on any atom is -1.00 e. The quantitative estimate of drug-likeness (QED) is 0.173. The fourth-order valence-corrected chi connectivity index (χ4v) is 33.6. The minimum Gasteiger partial charge on any atom is -1.00 e. The first kappa shape index (κ1) is 36.6. The smallest absolute Gasteiger partial charge is 1.00 e. The Morgan fingerprint density at radius 2 is 0.939 bits per heavy atom. The van der Waals surface area contributed by atoms with E-state index in [1.165, 1.54) is 71.9 Å². The van der Waals surface area contributed by atoms with Crippen molar-refractivity contribution in [1.82, 2.24) is 0 Å². The molecule has 0 nitrogen and oxygen atoms in total. The van der Waals surface area contributed by atoms with E-state index in [1.54, 1.807) is 33.4 Å². The number of halogens is 2. The van der Waals surface area contributed by atoms with E-state index < -0.39 is 20.3 Å². The van der Waals surface area contributed by atoms with Gasteiger partial charge in [-0.15, -0.1) is 0 Å². The first-order chi connectivity index (χ1) is 22.8. The molecule has 0 spiro atoms. The summed E-state index contributed by atoms with van der Waals surface area (Å²) >= 11 is -3.07. The van der Waals surface area contributed by atoms with Gasteiger partial charge in [-0.05, 0) is 0 Å². The van der Waals surface area contributed by atoms with Crippen LogP contribution in [0.3, 0.4) is 0 Å². The molecule has 2 fully saturated rings. The second kappa shape index (κ2) is 14.4. The monoisotopic (exact) mass is 764 g/mol. The van der Waals surface area contributed by atoms with E-state index in [0.29, 0.717) is 19.1 Å². The normalized spacial score (nSPS) is 23.4. The largest absolute Gasteiger partial charge is 1.00 e. The number of fused-ring (bicyclic) bond motifs is 3. The van der Waals surface area contributed by atoms with Gasteiger partial charge in [-0.25, -0.2) is 0 Å².